The van der Waals surface area contributed by atoms with Gasteiger partial charge in [-0.3, -0.25) is 13.9 Å². The van der Waals surface area contributed by atoms with Gasteiger partial charge >= 0.3 is 0 Å². The van der Waals surface area contributed by atoms with Gasteiger partial charge in [-0.25, -0.2) is 8.42 Å². The first-order valence-corrected chi connectivity index (χ1v) is 16.7. The Morgan fingerprint density at radius 3 is 2.11 bits per heavy atom. The van der Waals surface area contributed by atoms with E-state index in [1.165, 1.54) is 17.0 Å². The van der Waals surface area contributed by atoms with Crippen LogP contribution in [0.2, 0.25) is 10.0 Å². The molecule has 0 aromatic heterocycles. The van der Waals surface area contributed by atoms with E-state index in [1.807, 2.05) is 30.3 Å². The number of carbonyl (C=O) groups excluding carboxylic acids is 2. The molecule has 0 radical (unpaired) electrons. The Hall–Kier alpha value is -4.05. The van der Waals surface area contributed by atoms with Crippen LogP contribution in [0.15, 0.2) is 108 Å². The lowest BCUT2D eigenvalue weighted by Crippen LogP contribution is -2.53. The smallest absolute Gasteiger partial charge is 0.264 e. The summed E-state index contributed by atoms with van der Waals surface area (Å²) >= 11 is 12.5. The number of carbonyl (C=O) groups is 2. The number of nitrogens with zero attached hydrogens (tertiary/aromatic N) is 2. The summed E-state index contributed by atoms with van der Waals surface area (Å²) in [5.41, 5.74) is 1.65. The molecule has 4 rings (SSSR count). The largest absolute Gasteiger partial charge is 0.492 e. The monoisotopic (exact) mass is 667 g/mol. The number of nitrogens with one attached hydrogen (secondary N) is 1. The quantitative estimate of drug-likeness (QED) is 0.169. The summed E-state index contributed by atoms with van der Waals surface area (Å²) in [6.45, 7) is 3.57. The number of benzene rings is 4. The van der Waals surface area contributed by atoms with Crippen LogP contribution in [-0.2, 0) is 32.6 Å². The molecule has 0 spiro atoms. The molecule has 0 fully saturated rings. The molecule has 0 saturated heterocycles. The highest BCUT2D eigenvalue weighted by Gasteiger charge is 2.35. The predicted molar refractivity (Wildman–Crippen MR) is 178 cm³/mol. The van der Waals surface area contributed by atoms with Crippen LogP contribution in [0, 0.1) is 0 Å². The highest BCUT2D eigenvalue weighted by Crippen LogP contribution is 2.33. The molecule has 0 aliphatic rings. The Morgan fingerprint density at radius 1 is 0.822 bits per heavy atom. The molecule has 1 N–H and O–H groups in total. The van der Waals surface area contributed by atoms with Gasteiger partial charge in [-0.05, 0) is 61.4 Å². The standard InChI is InChI=1S/C34H35Cl2N3O5S/c1-3-37-34(41)31(22-25-13-7-5-8-14-25)38(23-26-19-20-28(35)29(36)21-26)33(40)24-39(30-17-11-12-18-32(30)44-4-2)45(42,43)27-15-9-6-10-16-27/h5-21,31H,3-4,22-24H2,1-2H3,(H,37,41)/t31-/m0/s1. The maximum atomic E-state index is 14.5. The molecule has 4 aromatic carbocycles. The van der Waals surface area contributed by atoms with E-state index in [4.69, 9.17) is 27.9 Å². The Morgan fingerprint density at radius 2 is 1.47 bits per heavy atom. The van der Waals surface area contributed by atoms with Crippen molar-refractivity contribution < 1.29 is 22.7 Å². The number of likely N-dealkylation sites (N-methyl/N-ethyl adjacent to an activating group) is 1. The summed E-state index contributed by atoms with van der Waals surface area (Å²) < 4.78 is 35.2. The Balaban J connectivity index is 1.83. The lowest BCUT2D eigenvalue weighted by molar-refractivity contribution is -0.140. The fourth-order valence-corrected chi connectivity index (χ4v) is 6.62. The summed E-state index contributed by atoms with van der Waals surface area (Å²) in [4.78, 5) is 29.5. The van der Waals surface area contributed by atoms with Gasteiger partial charge in [0.25, 0.3) is 10.0 Å². The van der Waals surface area contributed by atoms with E-state index in [0.29, 0.717) is 22.9 Å². The Kier molecular flexibility index (Phi) is 11.9. The number of sulfonamides is 1. The van der Waals surface area contributed by atoms with E-state index in [0.717, 1.165) is 9.87 Å². The molecule has 236 valence electrons. The van der Waals surface area contributed by atoms with Gasteiger partial charge in [-0.2, -0.15) is 0 Å². The average Bonchev–Trinajstić information content (AvgIpc) is 3.04. The van der Waals surface area contributed by atoms with Crippen LogP contribution < -0.4 is 14.4 Å². The fraction of sp³-hybridized carbons (Fsp3) is 0.235. The van der Waals surface area contributed by atoms with Gasteiger partial charge in [0.05, 0.1) is 27.2 Å². The van der Waals surface area contributed by atoms with Crippen molar-refractivity contribution in [3.63, 3.8) is 0 Å². The molecule has 11 heteroatoms. The molecule has 0 saturated carbocycles. The number of hydrogen-bond acceptors (Lipinski definition) is 5. The van der Waals surface area contributed by atoms with Gasteiger partial charge in [0.1, 0.15) is 18.3 Å². The van der Waals surface area contributed by atoms with E-state index in [9.17, 15) is 18.0 Å². The molecule has 0 heterocycles. The van der Waals surface area contributed by atoms with Gasteiger partial charge in [-0.1, -0.05) is 89.9 Å². The van der Waals surface area contributed by atoms with E-state index < -0.39 is 28.5 Å². The highest BCUT2D eigenvalue weighted by molar-refractivity contribution is 7.92. The van der Waals surface area contributed by atoms with E-state index >= 15 is 0 Å². The molecular formula is C34H35Cl2N3O5S. The van der Waals surface area contributed by atoms with E-state index in [1.54, 1.807) is 74.5 Å². The van der Waals surface area contributed by atoms with Crippen molar-refractivity contribution in [1.29, 1.82) is 0 Å². The van der Waals surface area contributed by atoms with Crippen LogP contribution in [0.5, 0.6) is 5.75 Å². The molecule has 0 aliphatic heterocycles. The van der Waals surface area contributed by atoms with Crippen LogP contribution in [0.25, 0.3) is 0 Å². The summed E-state index contributed by atoms with van der Waals surface area (Å²) in [6, 6.07) is 27.8. The van der Waals surface area contributed by atoms with Gasteiger partial charge in [0.2, 0.25) is 11.8 Å². The van der Waals surface area contributed by atoms with Crippen LogP contribution in [0.3, 0.4) is 0 Å². The predicted octanol–water partition coefficient (Wildman–Crippen LogP) is 6.36. The van der Waals surface area contributed by atoms with Crippen molar-refractivity contribution in [2.75, 3.05) is 24.0 Å². The molecule has 1 atom stereocenters. The first-order valence-electron chi connectivity index (χ1n) is 14.5. The molecule has 0 aliphatic carbocycles. The van der Waals surface area contributed by atoms with Crippen molar-refractivity contribution in [1.82, 2.24) is 10.2 Å². The molecular weight excluding hydrogens is 633 g/mol. The van der Waals surface area contributed by atoms with Crippen LogP contribution >= 0.6 is 23.2 Å². The van der Waals surface area contributed by atoms with E-state index in [-0.39, 0.29) is 41.1 Å². The van der Waals surface area contributed by atoms with Crippen LogP contribution in [0.1, 0.15) is 25.0 Å². The molecule has 8 nitrogen and oxygen atoms in total. The zero-order valence-electron chi connectivity index (χ0n) is 25.0. The number of amides is 2. The number of rotatable bonds is 14. The highest BCUT2D eigenvalue weighted by atomic mass is 35.5. The third kappa shape index (κ3) is 8.57. The second-order valence-corrected chi connectivity index (χ2v) is 12.8. The number of ether oxygens (including phenoxy) is 1. The van der Waals surface area contributed by atoms with Gasteiger partial charge in [0.15, 0.2) is 0 Å². The first-order chi connectivity index (χ1) is 21.6. The van der Waals surface area contributed by atoms with Crippen LogP contribution in [-0.4, -0.2) is 50.9 Å². The van der Waals surface area contributed by atoms with E-state index in [2.05, 4.69) is 5.32 Å². The third-order valence-electron chi connectivity index (χ3n) is 7.00. The van der Waals surface area contributed by atoms with Crippen molar-refractivity contribution in [2.24, 2.45) is 0 Å². The minimum Gasteiger partial charge on any atom is -0.492 e. The first kappa shape index (κ1) is 33.8. The van der Waals surface area contributed by atoms with Crippen molar-refractivity contribution in [3.05, 3.63) is 124 Å². The normalized spacial score (nSPS) is 11.8. The number of halogens is 2. The lowest BCUT2D eigenvalue weighted by atomic mass is 10.0. The third-order valence-corrected chi connectivity index (χ3v) is 9.52. The topological polar surface area (TPSA) is 96.0 Å². The molecule has 45 heavy (non-hydrogen) atoms. The summed E-state index contributed by atoms with van der Waals surface area (Å²) in [5.74, 6) is -0.672. The molecule has 2 amide bonds. The Bertz CT molecular complexity index is 1710. The van der Waals surface area contributed by atoms with Gasteiger partial charge < -0.3 is 15.0 Å². The lowest BCUT2D eigenvalue weighted by Gasteiger charge is -2.34. The fourth-order valence-electron chi connectivity index (χ4n) is 4.85. The molecule has 0 bridgehead atoms. The maximum Gasteiger partial charge on any atom is 0.264 e. The summed E-state index contributed by atoms with van der Waals surface area (Å²) in [5, 5.41) is 3.48. The SMILES string of the molecule is CCNC(=O)[C@H](Cc1ccccc1)N(Cc1ccc(Cl)c(Cl)c1)C(=O)CN(c1ccccc1OCC)S(=O)(=O)c1ccccc1. The maximum absolute atomic E-state index is 14.5. The zero-order chi connectivity index (χ0) is 32.4. The van der Waals surface area contributed by atoms with Crippen LogP contribution in [0.4, 0.5) is 5.69 Å². The van der Waals surface area contributed by atoms with Crippen molar-refractivity contribution in [3.8, 4) is 5.75 Å². The molecule has 4 aromatic rings. The van der Waals surface area contributed by atoms with Crippen molar-refractivity contribution in [2.45, 2.75) is 37.8 Å². The second kappa shape index (κ2) is 15.8. The minimum absolute atomic E-state index is 0.00435. The molecule has 0 unspecified atom stereocenters. The average molecular weight is 669 g/mol. The minimum atomic E-state index is -4.26. The summed E-state index contributed by atoms with van der Waals surface area (Å²) in [6.07, 6.45) is 0.195. The number of anilines is 1. The summed E-state index contributed by atoms with van der Waals surface area (Å²) in [7, 11) is -4.26. The number of para-hydroxylation sites is 2. The number of hydrogen-bond donors (Lipinski definition) is 1. The zero-order valence-corrected chi connectivity index (χ0v) is 27.4. The van der Waals surface area contributed by atoms with Gasteiger partial charge in [0, 0.05) is 19.5 Å². The van der Waals surface area contributed by atoms with Crippen molar-refractivity contribution >= 4 is 50.7 Å². The second-order valence-electron chi connectivity index (χ2n) is 10.1. The Labute approximate surface area is 274 Å². The van der Waals surface area contributed by atoms with Gasteiger partial charge in [-0.15, -0.1) is 0 Å².